The number of halogens is 1. The van der Waals surface area contributed by atoms with E-state index in [1.54, 1.807) is 12.0 Å². The number of ether oxygens (including phenoxy) is 1. The number of carbonyl (C=O) groups is 1. The van der Waals surface area contributed by atoms with E-state index in [4.69, 9.17) is 4.74 Å². The molecule has 124 valence electrons. The van der Waals surface area contributed by atoms with Gasteiger partial charge in [0, 0.05) is 6.54 Å². The van der Waals surface area contributed by atoms with E-state index >= 15 is 0 Å². The first kappa shape index (κ1) is 16.3. The monoisotopic (exact) mass is 343 g/mol. The minimum Gasteiger partial charge on any atom is -0.497 e. The average molecular weight is 344 g/mol. The van der Waals surface area contributed by atoms with Crippen molar-refractivity contribution >= 4 is 30.0 Å². The van der Waals surface area contributed by atoms with E-state index in [0.29, 0.717) is 19.6 Å². The summed E-state index contributed by atoms with van der Waals surface area (Å²) >= 11 is 0. The van der Waals surface area contributed by atoms with Crippen LogP contribution >= 0.6 is 12.4 Å². The number of anilines is 1. The number of carbonyl (C=O) groups excluding carboxylic acids is 1. The molecule has 0 aliphatic carbocycles. The summed E-state index contributed by atoms with van der Waals surface area (Å²) in [5, 5.41) is 0. The molecule has 6 heteroatoms. The van der Waals surface area contributed by atoms with Crippen LogP contribution in [0.15, 0.2) is 53.5 Å². The molecule has 0 unspecified atom stereocenters. The molecule has 0 aromatic heterocycles. The van der Waals surface area contributed by atoms with Gasteiger partial charge in [-0.3, -0.25) is 14.7 Å². The number of nitrogens with zero attached hydrogens (tertiary/aromatic N) is 3. The molecule has 0 saturated heterocycles. The summed E-state index contributed by atoms with van der Waals surface area (Å²) in [7, 11) is 1.66. The zero-order valence-corrected chi connectivity index (χ0v) is 14.1. The lowest BCUT2D eigenvalue weighted by molar-refractivity contribution is 0.0851. The number of hydrogen-bond acceptors (Lipinski definition) is 4. The fourth-order valence-corrected chi connectivity index (χ4v) is 3.07. The maximum Gasteiger partial charge on any atom is 0.262 e. The van der Waals surface area contributed by atoms with Gasteiger partial charge < -0.3 is 9.64 Å². The smallest absolute Gasteiger partial charge is 0.262 e. The summed E-state index contributed by atoms with van der Waals surface area (Å²) in [6.45, 7) is 1.99. The van der Waals surface area contributed by atoms with Crippen LogP contribution in [0.25, 0.3) is 0 Å². The van der Waals surface area contributed by atoms with E-state index in [9.17, 15) is 4.79 Å². The number of hydrogen-bond donors (Lipinski definition) is 0. The van der Waals surface area contributed by atoms with Crippen LogP contribution in [0.5, 0.6) is 5.75 Å². The molecule has 4 rings (SSSR count). The molecule has 0 bridgehead atoms. The predicted molar refractivity (Wildman–Crippen MR) is 96.2 cm³/mol. The maximum absolute atomic E-state index is 12.6. The third-order valence-corrected chi connectivity index (χ3v) is 4.23. The standard InChI is InChI=1S/C18H17N3O2.ClH/c1-23-14-8-6-13(7-9-14)12-21-16-5-3-2-4-15(16)17(22)20-11-10-19-18(20)21;/h2-9H,10-12H2,1H3;1H. The van der Waals surface area contributed by atoms with Crippen LogP contribution in [0.3, 0.4) is 0 Å². The Morgan fingerprint density at radius 2 is 1.88 bits per heavy atom. The highest BCUT2D eigenvalue weighted by Gasteiger charge is 2.36. The normalized spacial score (nSPS) is 15.4. The second-order valence-corrected chi connectivity index (χ2v) is 5.59. The van der Waals surface area contributed by atoms with E-state index in [1.165, 1.54) is 0 Å². The minimum absolute atomic E-state index is 0. The molecule has 1 amide bonds. The Morgan fingerprint density at radius 3 is 2.62 bits per heavy atom. The Balaban J connectivity index is 0.00000169. The Kier molecular flexibility index (Phi) is 4.44. The minimum atomic E-state index is 0. The summed E-state index contributed by atoms with van der Waals surface area (Å²) in [4.78, 5) is 21.0. The van der Waals surface area contributed by atoms with Crippen molar-refractivity contribution in [2.24, 2.45) is 4.99 Å². The average Bonchev–Trinajstić information content (AvgIpc) is 3.09. The topological polar surface area (TPSA) is 45.1 Å². The molecular weight excluding hydrogens is 326 g/mol. The van der Waals surface area contributed by atoms with Crippen LogP contribution in [0.2, 0.25) is 0 Å². The first-order valence-corrected chi connectivity index (χ1v) is 7.64. The van der Waals surface area contributed by atoms with Gasteiger partial charge in [-0.05, 0) is 29.8 Å². The largest absolute Gasteiger partial charge is 0.497 e. The highest BCUT2D eigenvalue weighted by Crippen LogP contribution is 2.31. The Morgan fingerprint density at radius 1 is 1.12 bits per heavy atom. The summed E-state index contributed by atoms with van der Waals surface area (Å²) in [5.74, 6) is 1.63. The fourth-order valence-electron chi connectivity index (χ4n) is 3.07. The fraction of sp³-hybridized carbons (Fsp3) is 0.222. The van der Waals surface area contributed by atoms with E-state index in [0.717, 1.165) is 28.5 Å². The summed E-state index contributed by atoms with van der Waals surface area (Å²) < 4.78 is 5.21. The van der Waals surface area contributed by atoms with Gasteiger partial charge in [-0.15, -0.1) is 12.4 Å². The van der Waals surface area contributed by atoms with Crippen molar-refractivity contribution in [2.45, 2.75) is 6.54 Å². The summed E-state index contributed by atoms with van der Waals surface area (Å²) in [6, 6.07) is 15.7. The second kappa shape index (κ2) is 6.53. The zero-order valence-electron chi connectivity index (χ0n) is 13.3. The first-order chi connectivity index (χ1) is 11.3. The van der Waals surface area contributed by atoms with E-state index in [1.807, 2.05) is 48.5 Å². The molecule has 2 heterocycles. The Bertz CT molecular complexity index is 789. The molecule has 2 aliphatic heterocycles. The maximum atomic E-state index is 12.6. The van der Waals surface area contributed by atoms with E-state index in [-0.39, 0.29) is 18.3 Å². The van der Waals surface area contributed by atoms with Crippen molar-refractivity contribution in [1.82, 2.24) is 4.90 Å². The molecule has 0 atom stereocenters. The van der Waals surface area contributed by atoms with Crippen LogP contribution in [0.1, 0.15) is 15.9 Å². The third kappa shape index (κ3) is 2.61. The zero-order chi connectivity index (χ0) is 15.8. The van der Waals surface area contributed by atoms with Crippen LogP contribution in [-0.2, 0) is 6.54 Å². The highest BCUT2D eigenvalue weighted by atomic mass is 35.5. The van der Waals surface area contributed by atoms with Crippen LogP contribution in [-0.4, -0.2) is 37.0 Å². The van der Waals surface area contributed by atoms with Gasteiger partial charge in [-0.1, -0.05) is 24.3 Å². The third-order valence-electron chi connectivity index (χ3n) is 4.23. The van der Waals surface area contributed by atoms with Crippen molar-refractivity contribution in [2.75, 3.05) is 25.1 Å². The Hall–Kier alpha value is -2.53. The van der Waals surface area contributed by atoms with Crippen molar-refractivity contribution in [1.29, 1.82) is 0 Å². The summed E-state index contributed by atoms with van der Waals surface area (Å²) in [5.41, 5.74) is 2.80. The van der Waals surface area contributed by atoms with Crippen LogP contribution in [0, 0.1) is 0 Å². The first-order valence-electron chi connectivity index (χ1n) is 7.64. The number of aliphatic imine (C=N–C) groups is 1. The number of methoxy groups -OCH3 is 1. The molecule has 2 aromatic rings. The van der Waals surface area contributed by atoms with Crippen molar-refractivity contribution in [3.8, 4) is 5.75 Å². The van der Waals surface area contributed by atoms with Crippen LogP contribution < -0.4 is 9.64 Å². The van der Waals surface area contributed by atoms with Crippen molar-refractivity contribution in [3.63, 3.8) is 0 Å². The van der Waals surface area contributed by atoms with Crippen molar-refractivity contribution < 1.29 is 9.53 Å². The van der Waals surface area contributed by atoms with Gasteiger partial charge in [0.1, 0.15) is 5.75 Å². The number of benzene rings is 2. The van der Waals surface area contributed by atoms with Gasteiger partial charge >= 0.3 is 0 Å². The molecule has 24 heavy (non-hydrogen) atoms. The predicted octanol–water partition coefficient (Wildman–Crippen LogP) is 2.95. The molecule has 5 nitrogen and oxygen atoms in total. The number of guanidine groups is 1. The van der Waals surface area contributed by atoms with E-state index < -0.39 is 0 Å². The quantitative estimate of drug-likeness (QED) is 0.860. The highest BCUT2D eigenvalue weighted by molar-refractivity contribution is 6.19. The van der Waals surface area contributed by atoms with Gasteiger partial charge in [0.25, 0.3) is 5.91 Å². The summed E-state index contributed by atoms with van der Waals surface area (Å²) in [6.07, 6.45) is 0. The lowest BCUT2D eigenvalue weighted by atomic mass is 10.1. The molecule has 0 fully saturated rings. The molecule has 2 aromatic carbocycles. The number of fused-ring (bicyclic) bond motifs is 2. The molecule has 0 spiro atoms. The van der Waals surface area contributed by atoms with Crippen molar-refractivity contribution in [3.05, 3.63) is 59.7 Å². The van der Waals surface area contributed by atoms with Crippen LogP contribution in [0.4, 0.5) is 5.69 Å². The molecule has 0 radical (unpaired) electrons. The molecule has 2 aliphatic rings. The Labute approximate surface area is 147 Å². The van der Waals surface area contributed by atoms with Gasteiger partial charge in [-0.2, -0.15) is 0 Å². The van der Waals surface area contributed by atoms with E-state index in [2.05, 4.69) is 9.89 Å². The van der Waals surface area contributed by atoms with Gasteiger partial charge in [-0.25, -0.2) is 0 Å². The lowest BCUT2D eigenvalue weighted by Crippen LogP contribution is -2.49. The lowest BCUT2D eigenvalue weighted by Gasteiger charge is -2.36. The number of amides is 1. The molecule has 0 N–H and O–H groups in total. The molecular formula is C18H18ClN3O2. The second-order valence-electron chi connectivity index (χ2n) is 5.59. The SMILES string of the molecule is COc1ccc(CN2C3=NCCN3C(=O)c3ccccc32)cc1.Cl. The van der Waals surface area contributed by atoms with Gasteiger partial charge in [0.2, 0.25) is 5.96 Å². The number of para-hydroxylation sites is 1. The van der Waals surface area contributed by atoms with Gasteiger partial charge in [0.15, 0.2) is 0 Å². The number of rotatable bonds is 3. The molecule has 0 saturated carbocycles. The van der Waals surface area contributed by atoms with Gasteiger partial charge in [0.05, 0.1) is 31.5 Å².